The molecule has 0 saturated carbocycles. The average Bonchev–Trinajstić information content (AvgIpc) is 3.10. The molecule has 2 heterocycles. The molecule has 0 unspecified atom stereocenters. The van der Waals surface area contributed by atoms with Gasteiger partial charge in [-0.1, -0.05) is 12.1 Å². The number of carbonyl (C=O) groups is 1. The van der Waals surface area contributed by atoms with Gasteiger partial charge < -0.3 is 5.32 Å². The SMILES string of the molecule is Cc1cc(C)n(CCC(=O)Nc2cccc(Cn3cc(Br)cn3)c2)n1. The molecule has 0 radical (unpaired) electrons. The van der Waals surface area contributed by atoms with E-state index in [-0.39, 0.29) is 5.91 Å². The van der Waals surface area contributed by atoms with Crippen molar-refractivity contribution in [2.45, 2.75) is 33.4 Å². The Labute approximate surface area is 155 Å². The number of carbonyl (C=O) groups excluding carboxylic acids is 1. The van der Waals surface area contributed by atoms with Crippen LogP contribution in [0.4, 0.5) is 5.69 Å². The van der Waals surface area contributed by atoms with Crippen molar-refractivity contribution < 1.29 is 4.79 Å². The summed E-state index contributed by atoms with van der Waals surface area (Å²) in [7, 11) is 0. The van der Waals surface area contributed by atoms with Crippen LogP contribution in [-0.2, 0) is 17.9 Å². The average molecular weight is 402 g/mol. The molecule has 1 N–H and O–H groups in total. The topological polar surface area (TPSA) is 64.7 Å². The van der Waals surface area contributed by atoms with Crippen molar-refractivity contribution in [3.63, 3.8) is 0 Å². The molecule has 1 amide bonds. The van der Waals surface area contributed by atoms with Gasteiger partial charge in [-0.3, -0.25) is 14.2 Å². The summed E-state index contributed by atoms with van der Waals surface area (Å²) >= 11 is 3.39. The molecule has 25 heavy (non-hydrogen) atoms. The van der Waals surface area contributed by atoms with Crippen LogP contribution in [-0.4, -0.2) is 25.5 Å². The Hall–Kier alpha value is -2.41. The van der Waals surface area contributed by atoms with Gasteiger partial charge in [0.1, 0.15) is 0 Å². The predicted molar refractivity (Wildman–Crippen MR) is 100 cm³/mol. The second kappa shape index (κ2) is 7.65. The van der Waals surface area contributed by atoms with E-state index in [9.17, 15) is 4.79 Å². The second-order valence-electron chi connectivity index (χ2n) is 6.00. The second-order valence-corrected chi connectivity index (χ2v) is 6.92. The van der Waals surface area contributed by atoms with Crippen LogP contribution in [0.3, 0.4) is 0 Å². The molecule has 0 spiro atoms. The third-order valence-corrected chi connectivity index (χ3v) is 4.22. The van der Waals surface area contributed by atoms with E-state index in [0.29, 0.717) is 19.5 Å². The van der Waals surface area contributed by atoms with E-state index < -0.39 is 0 Å². The van der Waals surface area contributed by atoms with Gasteiger partial charge in [0.15, 0.2) is 0 Å². The standard InChI is InChI=1S/C18H20BrN5O/c1-13-8-14(2)24(22-13)7-6-18(25)21-17-5-3-4-15(9-17)11-23-12-16(19)10-20-23/h3-5,8-10,12H,6-7,11H2,1-2H3,(H,21,25). The number of nitrogens with one attached hydrogen (secondary N) is 1. The quantitative estimate of drug-likeness (QED) is 0.686. The van der Waals surface area contributed by atoms with Crippen molar-refractivity contribution in [2.75, 3.05) is 5.32 Å². The summed E-state index contributed by atoms with van der Waals surface area (Å²) in [5, 5.41) is 11.6. The van der Waals surface area contributed by atoms with Crippen LogP contribution < -0.4 is 5.32 Å². The fourth-order valence-electron chi connectivity index (χ4n) is 2.69. The minimum Gasteiger partial charge on any atom is -0.326 e. The molecule has 1 aromatic carbocycles. The zero-order valence-electron chi connectivity index (χ0n) is 14.2. The van der Waals surface area contributed by atoms with Crippen molar-refractivity contribution in [1.29, 1.82) is 0 Å². The van der Waals surface area contributed by atoms with Crippen molar-refractivity contribution in [3.05, 3.63) is 64.1 Å². The monoisotopic (exact) mass is 401 g/mol. The highest BCUT2D eigenvalue weighted by atomic mass is 79.9. The Kier molecular flexibility index (Phi) is 5.33. The van der Waals surface area contributed by atoms with Crippen molar-refractivity contribution in [3.8, 4) is 0 Å². The lowest BCUT2D eigenvalue weighted by Crippen LogP contribution is -2.15. The van der Waals surface area contributed by atoms with Gasteiger partial charge >= 0.3 is 0 Å². The maximum absolute atomic E-state index is 12.2. The van der Waals surface area contributed by atoms with Crippen molar-refractivity contribution >= 4 is 27.5 Å². The summed E-state index contributed by atoms with van der Waals surface area (Å²) < 4.78 is 4.65. The molecule has 0 aliphatic heterocycles. The molecule has 130 valence electrons. The van der Waals surface area contributed by atoms with Gasteiger partial charge in [-0.2, -0.15) is 10.2 Å². The van der Waals surface area contributed by atoms with Crippen LogP contribution in [0, 0.1) is 13.8 Å². The summed E-state index contributed by atoms with van der Waals surface area (Å²) in [5.74, 6) is -0.0217. The van der Waals surface area contributed by atoms with Crippen LogP contribution in [0.2, 0.25) is 0 Å². The molecule has 3 aromatic rings. The van der Waals surface area contributed by atoms with Crippen molar-refractivity contribution in [1.82, 2.24) is 19.6 Å². The van der Waals surface area contributed by atoms with Crippen molar-refractivity contribution in [2.24, 2.45) is 0 Å². The maximum atomic E-state index is 12.2. The molecule has 0 fully saturated rings. The van der Waals surface area contributed by atoms with E-state index in [2.05, 4.69) is 31.4 Å². The first-order valence-corrected chi connectivity index (χ1v) is 8.87. The highest BCUT2D eigenvalue weighted by molar-refractivity contribution is 9.10. The van der Waals surface area contributed by atoms with Crippen LogP contribution in [0.15, 0.2) is 47.2 Å². The number of hydrogen-bond acceptors (Lipinski definition) is 3. The highest BCUT2D eigenvalue weighted by Gasteiger charge is 2.07. The first-order chi connectivity index (χ1) is 12.0. The summed E-state index contributed by atoms with van der Waals surface area (Å²) in [6.45, 7) is 5.18. The molecule has 2 aromatic heterocycles. The van der Waals surface area contributed by atoms with Gasteiger partial charge in [0.2, 0.25) is 5.91 Å². The van der Waals surface area contributed by atoms with Gasteiger partial charge in [-0.25, -0.2) is 0 Å². The number of benzene rings is 1. The minimum absolute atomic E-state index is 0.0217. The zero-order chi connectivity index (χ0) is 17.8. The van der Waals surface area contributed by atoms with Gasteiger partial charge in [0.05, 0.1) is 22.9 Å². The van der Waals surface area contributed by atoms with E-state index in [1.54, 1.807) is 6.20 Å². The Morgan fingerprint density at radius 2 is 2.12 bits per heavy atom. The number of aromatic nitrogens is 4. The highest BCUT2D eigenvalue weighted by Crippen LogP contribution is 2.14. The van der Waals surface area contributed by atoms with Crippen LogP contribution in [0.1, 0.15) is 23.4 Å². The lowest BCUT2D eigenvalue weighted by atomic mass is 10.2. The lowest BCUT2D eigenvalue weighted by Gasteiger charge is -2.08. The number of hydrogen-bond donors (Lipinski definition) is 1. The molecule has 0 bridgehead atoms. The molecular weight excluding hydrogens is 382 g/mol. The number of rotatable bonds is 6. The van der Waals surface area contributed by atoms with Gasteiger partial charge in [-0.05, 0) is 53.5 Å². The predicted octanol–water partition coefficient (Wildman–Crippen LogP) is 3.54. The third-order valence-electron chi connectivity index (χ3n) is 3.81. The number of aryl methyl sites for hydroxylation is 3. The lowest BCUT2D eigenvalue weighted by molar-refractivity contribution is -0.116. The van der Waals surface area contributed by atoms with Crippen LogP contribution >= 0.6 is 15.9 Å². The van der Waals surface area contributed by atoms with E-state index in [0.717, 1.165) is 27.1 Å². The molecule has 7 heteroatoms. The summed E-state index contributed by atoms with van der Waals surface area (Å²) in [4.78, 5) is 12.2. The van der Waals surface area contributed by atoms with Gasteiger partial charge in [0.25, 0.3) is 0 Å². The first-order valence-electron chi connectivity index (χ1n) is 8.07. The third kappa shape index (κ3) is 4.79. The van der Waals surface area contributed by atoms with Crippen LogP contribution in [0.25, 0.3) is 0 Å². The first kappa shape index (κ1) is 17.4. The molecular formula is C18H20BrN5O. The zero-order valence-corrected chi connectivity index (χ0v) is 15.8. The van der Waals surface area contributed by atoms with Gasteiger partial charge in [0, 0.05) is 30.5 Å². The molecule has 6 nitrogen and oxygen atoms in total. The summed E-state index contributed by atoms with van der Waals surface area (Å²) in [5.41, 5.74) is 3.91. The summed E-state index contributed by atoms with van der Waals surface area (Å²) in [6.07, 6.45) is 4.06. The molecule has 3 rings (SSSR count). The van der Waals surface area contributed by atoms with E-state index in [4.69, 9.17) is 0 Å². The Morgan fingerprint density at radius 3 is 2.80 bits per heavy atom. The van der Waals surface area contributed by atoms with Crippen LogP contribution in [0.5, 0.6) is 0 Å². The number of nitrogens with zero attached hydrogens (tertiary/aromatic N) is 4. The molecule has 0 aliphatic carbocycles. The van der Waals surface area contributed by atoms with E-state index >= 15 is 0 Å². The van der Waals surface area contributed by atoms with E-state index in [1.165, 1.54) is 0 Å². The fourth-order valence-corrected chi connectivity index (χ4v) is 3.02. The van der Waals surface area contributed by atoms with E-state index in [1.807, 2.05) is 59.7 Å². The number of amides is 1. The largest absolute Gasteiger partial charge is 0.326 e. The molecule has 0 atom stereocenters. The number of anilines is 1. The molecule has 0 aliphatic rings. The van der Waals surface area contributed by atoms with Gasteiger partial charge in [-0.15, -0.1) is 0 Å². The smallest absolute Gasteiger partial charge is 0.226 e. The Balaban J connectivity index is 1.57. The normalized spacial score (nSPS) is 10.8. The Bertz CT molecular complexity index is 883. The maximum Gasteiger partial charge on any atom is 0.226 e. The summed E-state index contributed by atoms with van der Waals surface area (Å²) in [6, 6.07) is 9.82. The fraction of sp³-hybridized carbons (Fsp3) is 0.278. The Morgan fingerprint density at radius 1 is 1.28 bits per heavy atom. The molecule has 0 saturated heterocycles. The minimum atomic E-state index is -0.0217. The number of halogens is 1.